The van der Waals surface area contributed by atoms with Crippen molar-refractivity contribution < 1.29 is 18.1 Å². The molecule has 3 aromatic rings. The summed E-state index contributed by atoms with van der Waals surface area (Å²) < 4.78 is 27.7. The van der Waals surface area contributed by atoms with Crippen molar-refractivity contribution in [2.75, 3.05) is 35.6 Å². The Labute approximate surface area is 219 Å². The summed E-state index contributed by atoms with van der Waals surface area (Å²) in [4.78, 5) is 26.6. The molecule has 1 aliphatic heterocycles. The van der Waals surface area contributed by atoms with E-state index in [1.54, 1.807) is 23.9 Å². The van der Waals surface area contributed by atoms with E-state index in [4.69, 9.17) is 0 Å². The normalized spacial score (nSPS) is 18.2. The van der Waals surface area contributed by atoms with Gasteiger partial charge in [0.2, 0.25) is 0 Å². The van der Waals surface area contributed by atoms with Crippen molar-refractivity contribution in [3.8, 4) is 0 Å². The summed E-state index contributed by atoms with van der Waals surface area (Å²) >= 11 is 1.60. The lowest BCUT2D eigenvalue weighted by Crippen LogP contribution is -2.30. The number of nitrogens with zero attached hydrogens (tertiary/aromatic N) is 2. The second kappa shape index (κ2) is 10.4. The van der Waals surface area contributed by atoms with E-state index in [1.807, 2.05) is 47.2 Å². The van der Waals surface area contributed by atoms with Gasteiger partial charge in [-0.25, -0.2) is 13.1 Å². The van der Waals surface area contributed by atoms with E-state index in [2.05, 4.69) is 10.2 Å². The number of hydrogen-bond donors (Lipinski definition) is 2. The average Bonchev–Trinajstić information content (AvgIpc) is 3.51. The van der Waals surface area contributed by atoms with Gasteiger partial charge in [0.1, 0.15) is 5.69 Å². The Kier molecular flexibility index (Phi) is 7.07. The van der Waals surface area contributed by atoms with Crippen molar-refractivity contribution in [1.82, 2.24) is 4.72 Å². The topological polar surface area (TPSA) is 122 Å². The fourth-order valence-corrected chi connectivity index (χ4v) is 6.31. The molecule has 2 atom stereocenters. The van der Waals surface area contributed by atoms with Crippen LogP contribution in [0.5, 0.6) is 0 Å². The highest BCUT2D eigenvalue weighted by Gasteiger charge is 2.45. The molecule has 37 heavy (non-hydrogen) atoms. The maximum Gasteiger partial charge on any atom is 0.293 e. The number of carbonyl (C=O) groups excluding carboxylic acids is 1. The molecule has 2 fully saturated rings. The fourth-order valence-electron chi connectivity index (χ4n) is 4.52. The first-order chi connectivity index (χ1) is 17.8. The molecule has 0 radical (unpaired) electrons. The van der Waals surface area contributed by atoms with Crippen LogP contribution in [0.3, 0.4) is 0 Å². The first-order valence-corrected chi connectivity index (χ1v) is 14.4. The Morgan fingerprint density at radius 1 is 1.03 bits per heavy atom. The molecule has 5 rings (SSSR count). The molecular formula is C26H26N4O5S2. The zero-order valence-corrected chi connectivity index (χ0v) is 21.5. The second-order valence-electron chi connectivity index (χ2n) is 9.17. The minimum absolute atomic E-state index is 0.195. The summed E-state index contributed by atoms with van der Waals surface area (Å²) in [5, 5.41) is 14.6. The number of sulfonamides is 1. The Hall–Kier alpha value is -3.57. The summed E-state index contributed by atoms with van der Waals surface area (Å²) in [5.41, 5.74) is 1.03. The van der Waals surface area contributed by atoms with Crippen LogP contribution in [-0.2, 0) is 10.0 Å². The Morgan fingerprint density at radius 3 is 2.41 bits per heavy atom. The fraction of sp³-hybridized carbons (Fsp3) is 0.269. The number of piperidine rings is 1. The minimum Gasteiger partial charge on any atom is -0.379 e. The van der Waals surface area contributed by atoms with E-state index in [9.17, 15) is 23.3 Å². The Morgan fingerprint density at radius 2 is 1.73 bits per heavy atom. The van der Waals surface area contributed by atoms with Crippen LogP contribution in [0.4, 0.5) is 17.1 Å². The lowest BCUT2D eigenvalue weighted by atomic mass is 10.2. The van der Waals surface area contributed by atoms with Crippen LogP contribution < -0.4 is 14.9 Å². The van der Waals surface area contributed by atoms with Crippen molar-refractivity contribution in [1.29, 1.82) is 0 Å². The second-order valence-corrected chi connectivity index (χ2v) is 12.0. The van der Waals surface area contributed by atoms with E-state index in [0.29, 0.717) is 12.3 Å². The average molecular weight is 539 g/mol. The van der Waals surface area contributed by atoms with Crippen LogP contribution in [0.2, 0.25) is 0 Å². The van der Waals surface area contributed by atoms with Gasteiger partial charge in [-0.15, -0.1) is 11.8 Å². The summed E-state index contributed by atoms with van der Waals surface area (Å²) in [5.74, 6) is 1.41. The van der Waals surface area contributed by atoms with Crippen LogP contribution in [0, 0.1) is 22.0 Å². The zero-order chi connectivity index (χ0) is 26.0. The van der Waals surface area contributed by atoms with Crippen molar-refractivity contribution in [3.63, 3.8) is 0 Å². The SMILES string of the molecule is O=C(NS(=O)(=O)c1ccc(NCCSc2ccccc2)c([N+](=O)[O-])c1)c1ccc(N2CC3CC3C2)cc1. The van der Waals surface area contributed by atoms with Crippen LogP contribution in [-0.4, -0.2) is 44.6 Å². The van der Waals surface area contributed by atoms with Gasteiger partial charge in [-0.05, 0) is 66.8 Å². The number of nitro groups is 1. The van der Waals surface area contributed by atoms with E-state index >= 15 is 0 Å². The van der Waals surface area contributed by atoms with E-state index in [0.717, 1.165) is 41.6 Å². The Balaban J connectivity index is 1.22. The molecular weight excluding hydrogens is 512 g/mol. The highest BCUT2D eigenvalue weighted by atomic mass is 32.2. The molecule has 0 aromatic heterocycles. The molecule has 1 heterocycles. The number of rotatable bonds is 10. The molecule has 0 bridgehead atoms. The molecule has 9 nitrogen and oxygen atoms in total. The van der Waals surface area contributed by atoms with Gasteiger partial charge >= 0.3 is 0 Å². The van der Waals surface area contributed by atoms with Crippen molar-refractivity contribution in [2.24, 2.45) is 11.8 Å². The van der Waals surface area contributed by atoms with Crippen LogP contribution >= 0.6 is 11.8 Å². The number of amides is 1. The van der Waals surface area contributed by atoms with Crippen molar-refractivity contribution in [3.05, 3.63) is 88.5 Å². The molecule has 1 aliphatic carbocycles. The number of benzene rings is 3. The molecule has 1 saturated heterocycles. The molecule has 3 aromatic carbocycles. The molecule has 11 heteroatoms. The molecule has 2 N–H and O–H groups in total. The first-order valence-electron chi connectivity index (χ1n) is 11.9. The largest absolute Gasteiger partial charge is 0.379 e. The lowest BCUT2D eigenvalue weighted by molar-refractivity contribution is -0.384. The monoisotopic (exact) mass is 538 g/mol. The number of thioether (sulfide) groups is 1. The van der Waals surface area contributed by atoms with Gasteiger partial charge in [0.05, 0.1) is 9.82 Å². The van der Waals surface area contributed by atoms with E-state index < -0.39 is 20.9 Å². The molecule has 2 unspecified atom stereocenters. The van der Waals surface area contributed by atoms with Gasteiger partial charge in [0.15, 0.2) is 0 Å². The third-order valence-corrected chi connectivity index (χ3v) is 8.95. The van der Waals surface area contributed by atoms with E-state index in [1.165, 1.54) is 18.6 Å². The maximum absolute atomic E-state index is 12.8. The van der Waals surface area contributed by atoms with Crippen LogP contribution in [0.1, 0.15) is 16.8 Å². The van der Waals surface area contributed by atoms with Gasteiger partial charge in [-0.3, -0.25) is 14.9 Å². The number of fused-ring (bicyclic) bond motifs is 1. The summed E-state index contributed by atoms with van der Waals surface area (Å²) in [6, 6.07) is 20.1. The molecule has 2 aliphatic rings. The summed E-state index contributed by atoms with van der Waals surface area (Å²) in [7, 11) is -4.32. The standard InChI is InChI=1S/C26H26N4O5S2/c31-26(18-6-8-21(9-7-18)29-16-19-14-20(19)17-29)28-37(34,35)23-10-11-24(25(15-23)30(32)33)27-12-13-36-22-4-2-1-3-5-22/h1-11,15,19-20,27H,12-14,16-17H2,(H,28,31). The molecule has 0 spiro atoms. The third-order valence-electron chi connectivity index (χ3n) is 6.61. The number of nitro benzene ring substituents is 1. The first kappa shape index (κ1) is 25.1. The quantitative estimate of drug-likeness (QED) is 0.169. The van der Waals surface area contributed by atoms with Gasteiger partial charge in [0.25, 0.3) is 21.6 Å². The molecule has 1 amide bonds. The number of carbonyl (C=O) groups is 1. The Bertz CT molecular complexity index is 1400. The van der Waals surface area contributed by atoms with Gasteiger partial charge in [-0.1, -0.05) is 18.2 Å². The summed E-state index contributed by atoms with van der Waals surface area (Å²) in [6.45, 7) is 2.47. The predicted molar refractivity (Wildman–Crippen MR) is 144 cm³/mol. The number of anilines is 2. The zero-order valence-electron chi connectivity index (χ0n) is 19.9. The van der Waals surface area contributed by atoms with Crippen LogP contribution in [0.15, 0.2) is 82.6 Å². The van der Waals surface area contributed by atoms with Gasteiger partial charge in [0, 0.05) is 47.6 Å². The number of nitrogens with one attached hydrogen (secondary N) is 2. The lowest BCUT2D eigenvalue weighted by Gasteiger charge is -2.20. The third kappa shape index (κ3) is 5.89. The predicted octanol–water partition coefficient (Wildman–Crippen LogP) is 4.37. The molecule has 1 saturated carbocycles. The smallest absolute Gasteiger partial charge is 0.293 e. The van der Waals surface area contributed by atoms with E-state index in [-0.39, 0.29) is 21.8 Å². The highest BCUT2D eigenvalue weighted by molar-refractivity contribution is 7.99. The number of hydrogen-bond acceptors (Lipinski definition) is 8. The van der Waals surface area contributed by atoms with Gasteiger partial charge in [-0.2, -0.15) is 0 Å². The van der Waals surface area contributed by atoms with Crippen molar-refractivity contribution in [2.45, 2.75) is 16.2 Å². The maximum atomic E-state index is 12.8. The highest BCUT2D eigenvalue weighted by Crippen LogP contribution is 2.46. The van der Waals surface area contributed by atoms with Crippen molar-refractivity contribution >= 4 is 44.8 Å². The van der Waals surface area contributed by atoms with Gasteiger partial charge < -0.3 is 10.2 Å². The van der Waals surface area contributed by atoms with Crippen LogP contribution in [0.25, 0.3) is 0 Å². The molecule has 192 valence electrons. The summed E-state index contributed by atoms with van der Waals surface area (Å²) in [6.07, 6.45) is 1.29. The minimum atomic E-state index is -4.32.